The van der Waals surface area contributed by atoms with Crippen molar-refractivity contribution in [1.82, 2.24) is 4.90 Å². The van der Waals surface area contributed by atoms with E-state index in [2.05, 4.69) is 17.4 Å². The van der Waals surface area contributed by atoms with E-state index in [1.807, 2.05) is 20.8 Å². The van der Waals surface area contributed by atoms with Crippen LogP contribution in [0.15, 0.2) is 85.1 Å². The average Bonchev–Trinajstić information content (AvgIpc) is 3.05. The first kappa shape index (κ1) is 25.6. The number of amides is 2. The third-order valence-corrected chi connectivity index (χ3v) is 6.04. The SMILES string of the molecule is C=C/C=C(\C=C/C)N1C(=O)N(c2ccc(C#N)cc2)[C@](C)(CC)C1c1cccc(OC(F)(F)F)c1. The minimum Gasteiger partial charge on any atom is -0.406 e. The number of carbonyl (C=O) groups excluding carboxylic acids is 1. The maximum Gasteiger partial charge on any atom is 0.573 e. The maximum atomic E-state index is 14.0. The van der Waals surface area contributed by atoms with E-state index in [1.54, 1.807) is 64.4 Å². The van der Waals surface area contributed by atoms with Gasteiger partial charge in [0, 0.05) is 11.4 Å². The molecule has 182 valence electrons. The van der Waals surface area contributed by atoms with Crippen molar-refractivity contribution in [3.05, 3.63) is 96.2 Å². The third kappa shape index (κ3) is 5.09. The van der Waals surface area contributed by atoms with Crippen LogP contribution < -0.4 is 9.64 Å². The van der Waals surface area contributed by atoms with Crippen LogP contribution in [0.1, 0.15) is 44.4 Å². The molecule has 0 saturated carbocycles. The highest BCUT2D eigenvalue weighted by Gasteiger charge is 2.55. The van der Waals surface area contributed by atoms with Crippen LogP contribution >= 0.6 is 0 Å². The Kier molecular flexibility index (Phi) is 7.39. The van der Waals surface area contributed by atoms with E-state index in [4.69, 9.17) is 5.26 Å². The summed E-state index contributed by atoms with van der Waals surface area (Å²) >= 11 is 0. The molecule has 3 rings (SSSR count). The number of nitriles is 1. The molecule has 0 N–H and O–H groups in total. The van der Waals surface area contributed by atoms with Gasteiger partial charge in [-0.3, -0.25) is 9.80 Å². The van der Waals surface area contributed by atoms with Crippen LogP contribution in [-0.4, -0.2) is 22.8 Å². The summed E-state index contributed by atoms with van der Waals surface area (Å²) in [5.74, 6) is -0.363. The van der Waals surface area contributed by atoms with E-state index in [9.17, 15) is 18.0 Å². The van der Waals surface area contributed by atoms with Crippen LogP contribution in [0.25, 0.3) is 0 Å². The van der Waals surface area contributed by atoms with Gasteiger partial charge in [0.05, 0.1) is 23.2 Å². The largest absolute Gasteiger partial charge is 0.573 e. The van der Waals surface area contributed by atoms with E-state index in [1.165, 1.54) is 18.2 Å². The number of urea groups is 1. The number of nitrogens with zero attached hydrogens (tertiary/aromatic N) is 3. The number of hydrogen-bond acceptors (Lipinski definition) is 3. The fourth-order valence-electron chi connectivity index (χ4n) is 4.44. The second-order valence-corrected chi connectivity index (χ2v) is 8.21. The first-order valence-electron chi connectivity index (χ1n) is 11.0. The van der Waals surface area contributed by atoms with Crippen LogP contribution in [-0.2, 0) is 0 Å². The highest BCUT2D eigenvalue weighted by atomic mass is 19.4. The summed E-state index contributed by atoms with van der Waals surface area (Å²) in [5, 5.41) is 9.17. The molecule has 5 nitrogen and oxygen atoms in total. The normalized spacial score (nSPS) is 20.9. The van der Waals surface area contributed by atoms with Crippen molar-refractivity contribution in [1.29, 1.82) is 5.26 Å². The topological polar surface area (TPSA) is 56.6 Å². The Labute approximate surface area is 203 Å². The molecular formula is C27H26F3N3O2. The quantitative estimate of drug-likeness (QED) is 0.391. The van der Waals surface area contributed by atoms with Crippen LogP contribution in [0.2, 0.25) is 0 Å². The molecule has 0 radical (unpaired) electrons. The fourth-order valence-corrected chi connectivity index (χ4v) is 4.44. The molecule has 1 heterocycles. The van der Waals surface area contributed by atoms with Gasteiger partial charge in [-0.05, 0) is 74.4 Å². The van der Waals surface area contributed by atoms with Crippen molar-refractivity contribution in [2.24, 2.45) is 0 Å². The van der Waals surface area contributed by atoms with Crippen LogP contribution in [0.5, 0.6) is 5.75 Å². The Bertz CT molecular complexity index is 1200. The molecule has 1 aliphatic rings. The van der Waals surface area contributed by atoms with Crippen LogP contribution in [0.4, 0.5) is 23.7 Å². The molecule has 0 aromatic heterocycles. The number of ether oxygens (including phenoxy) is 1. The number of halogens is 3. The van der Waals surface area contributed by atoms with Gasteiger partial charge in [-0.25, -0.2) is 4.79 Å². The van der Waals surface area contributed by atoms with Gasteiger partial charge in [0.25, 0.3) is 0 Å². The average molecular weight is 482 g/mol. The van der Waals surface area contributed by atoms with Crippen LogP contribution in [0, 0.1) is 11.3 Å². The minimum atomic E-state index is -4.84. The molecule has 2 atom stereocenters. The Morgan fingerprint density at radius 2 is 1.94 bits per heavy atom. The van der Waals surface area contributed by atoms with Gasteiger partial charge < -0.3 is 4.74 Å². The second kappa shape index (κ2) is 10.1. The number of anilines is 1. The molecule has 0 aliphatic carbocycles. The van der Waals surface area contributed by atoms with Crippen LogP contribution in [0.3, 0.4) is 0 Å². The van der Waals surface area contributed by atoms with Gasteiger partial charge in [-0.2, -0.15) is 5.26 Å². The Morgan fingerprint density at radius 3 is 2.49 bits per heavy atom. The Balaban J connectivity index is 2.25. The first-order chi connectivity index (χ1) is 16.6. The summed E-state index contributed by atoms with van der Waals surface area (Å²) in [5.41, 5.74) is 1.19. The number of rotatable bonds is 7. The molecule has 8 heteroatoms. The highest BCUT2D eigenvalue weighted by Crippen LogP contribution is 2.50. The highest BCUT2D eigenvalue weighted by molar-refractivity contribution is 5.98. The van der Waals surface area contributed by atoms with Crippen molar-refractivity contribution in [3.63, 3.8) is 0 Å². The van der Waals surface area contributed by atoms with E-state index in [0.29, 0.717) is 28.9 Å². The van der Waals surface area contributed by atoms with Gasteiger partial charge in [0.15, 0.2) is 0 Å². The van der Waals surface area contributed by atoms with Gasteiger partial charge in [-0.1, -0.05) is 37.8 Å². The zero-order valence-corrected chi connectivity index (χ0v) is 19.7. The smallest absolute Gasteiger partial charge is 0.406 e. The molecule has 1 saturated heterocycles. The lowest BCUT2D eigenvalue weighted by atomic mass is 9.83. The lowest BCUT2D eigenvalue weighted by molar-refractivity contribution is -0.274. The zero-order chi connectivity index (χ0) is 25.8. The predicted octanol–water partition coefficient (Wildman–Crippen LogP) is 7.25. The molecule has 35 heavy (non-hydrogen) atoms. The number of benzene rings is 2. The summed E-state index contributed by atoms with van der Waals surface area (Å²) in [6.45, 7) is 9.37. The molecule has 1 unspecified atom stereocenters. The Morgan fingerprint density at radius 1 is 1.26 bits per heavy atom. The van der Waals surface area contributed by atoms with E-state index in [0.717, 1.165) is 0 Å². The van der Waals surface area contributed by atoms with Crippen molar-refractivity contribution >= 4 is 11.7 Å². The number of allylic oxidation sites excluding steroid dienone is 4. The number of alkyl halides is 3. The fraction of sp³-hybridized carbons (Fsp3) is 0.259. The predicted molar refractivity (Wildman–Crippen MR) is 129 cm³/mol. The summed E-state index contributed by atoms with van der Waals surface area (Å²) in [6.07, 6.45) is 2.40. The van der Waals surface area contributed by atoms with E-state index < -0.39 is 17.9 Å². The van der Waals surface area contributed by atoms with E-state index in [-0.39, 0.29) is 11.8 Å². The molecule has 2 aromatic carbocycles. The first-order valence-corrected chi connectivity index (χ1v) is 11.0. The summed E-state index contributed by atoms with van der Waals surface area (Å²) in [4.78, 5) is 17.2. The molecule has 1 aliphatic heterocycles. The van der Waals surface area contributed by atoms with Gasteiger partial charge >= 0.3 is 12.4 Å². The number of hydrogen-bond donors (Lipinski definition) is 0. The molecule has 1 fully saturated rings. The summed E-state index contributed by atoms with van der Waals surface area (Å²) in [6, 6.07) is 13.4. The molecule has 2 aromatic rings. The maximum absolute atomic E-state index is 14.0. The lowest BCUT2D eigenvalue weighted by Crippen LogP contribution is -2.45. The lowest BCUT2D eigenvalue weighted by Gasteiger charge is -2.38. The third-order valence-electron chi connectivity index (χ3n) is 6.04. The monoisotopic (exact) mass is 481 g/mol. The van der Waals surface area contributed by atoms with Crippen molar-refractivity contribution in [2.45, 2.75) is 45.1 Å². The molecule has 0 bridgehead atoms. The van der Waals surface area contributed by atoms with Gasteiger partial charge in [0.1, 0.15) is 5.75 Å². The van der Waals surface area contributed by atoms with Gasteiger partial charge in [0.2, 0.25) is 0 Å². The minimum absolute atomic E-state index is 0.350. The summed E-state index contributed by atoms with van der Waals surface area (Å²) < 4.78 is 43.0. The van der Waals surface area contributed by atoms with Crippen molar-refractivity contribution in [2.75, 3.05) is 4.90 Å². The van der Waals surface area contributed by atoms with E-state index >= 15 is 0 Å². The molecule has 0 spiro atoms. The zero-order valence-electron chi connectivity index (χ0n) is 19.7. The molecule has 2 amide bonds. The summed E-state index contributed by atoms with van der Waals surface area (Å²) in [7, 11) is 0. The molecular weight excluding hydrogens is 455 g/mol. The standard InChI is InChI=1S/C27H26F3N3O2/c1-5-9-21(10-6-2)32-24(20-11-8-12-23(17-20)35-27(28,29)30)26(4,7-3)33(25(32)34)22-15-13-19(18-31)14-16-22/h5-6,8-17,24H,1,7H2,2-4H3/b10-6-,21-9+/t24?,26-/m1/s1. The van der Waals surface area contributed by atoms with Crippen molar-refractivity contribution in [3.8, 4) is 11.8 Å². The van der Waals surface area contributed by atoms with Crippen molar-refractivity contribution < 1.29 is 22.7 Å². The van der Waals surface area contributed by atoms with Gasteiger partial charge in [-0.15, -0.1) is 13.2 Å². The number of carbonyl (C=O) groups is 1. The second-order valence-electron chi connectivity index (χ2n) is 8.21. The Hall–Kier alpha value is -3.99.